The molecule has 0 aliphatic heterocycles. The first-order chi connectivity index (χ1) is 6.93. The molecule has 15 heavy (non-hydrogen) atoms. The molecule has 0 saturated carbocycles. The Kier molecular flexibility index (Phi) is 4.14. The summed E-state index contributed by atoms with van der Waals surface area (Å²) in [6, 6.07) is 2.60. The van der Waals surface area contributed by atoms with Gasteiger partial charge in [0.05, 0.1) is 0 Å². The van der Waals surface area contributed by atoms with E-state index in [1.165, 1.54) is 5.56 Å². The molecule has 2 nitrogen and oxygen atoms in total. The van der Waals surface area contributed by atoms with Gasteiger partial charge in [0, 0.05) is 23.8 Å². The Bertz CT molecular complexity index is 336. The van der Waals surface area contributed by atoms with Gasteiger partial charge in [0.2, 0.25) is 0 Å². The first kappa shape index (κ1) is 12.5. The van der Waals surface area contributed by atoms with Crippen LogP contribution in [-0.2, 0) is 0 Å². The van der Waals surface area contributed by atoms with Crippen molar-refractivity contribution in [1.29, 1.82) is 0 Å². The number of rotatable bonds is 3. The molecular formula is C12H19BrN2. The number of anilines is 1. The van der Waals surface area contributed by atoms with Crippen LogP contribution in [0.5, 0.6) is 0 Å². The van der Waals surface area contributed by atoms with Gasteiger partial charge in [0.15, 0.2) is 0 Å². The third-order valence-electron chi connectivity index (χ3n) is 2.93. The van der Waals surface area contributed by atoms with Gasteiger partial charge in [-0.3, -0.25) is 0 Å². The normalized spacial score (nSPS) is 13.0. The summed E-state index contributed by atoms with van der Waals surface area (Å²) in [5.74, 6) is 1.69. The van der Waals surface area contributed by atoms with Gasteiger partial charge in [0.25, 0.3) is 0 Å². The number of aryl methyl sites for hydroxylation is 1. The van der Waals surface area contributed by atoms with Gasteiger partial charge in [0.1, 0.15) is 5.82 Å². The number of pyridine rings is 1. The molecule has 0 saturated heterocycles. The molecule has 0 aromatic carbocycles. The molecule has 0 fully saturated rings. The zero-order chi connectivity index (χ0) is 11.6. The molecule has 1 unspecified atom stereocenters. The topological polar surface area (TPSA) is 16.1 Å². The van der Waals surface area contributed by atoms with Gasteiger partial charge in [-0.15, -0.1) is 0 Å². The van der Waals surface area contributed by atoms with Gasteiger partial charge < -0.3 is 4.90 Å². The van der Waals surface area contributed by atoms with Crippen molar-refractivity contribution in [1.82, 2.24) is 4.98 Å². The zero-order valence-corrected chi connectivity index (χ0v) is 11.7. The molecule has 0 amide bonds. The SMILES string of the molecule is Cc1cc(Br)cnc1N(C)C(C)C(C)C. The van der Waals surface area contributed by atoms with E-state index in [2.05, 4.69) is 66.6 Å². The lowest BCUT2D eigenvalue weighted by Gasteiger charge is -2.30. The Morgan fingerprint density at radius 2 is 1.93 bits per heavy atom. The van der Waals surface area contributed by atoms with Crippen molar-refractivity contribution in [2.24, 2.45) is 5.92 Å². The van der Waals surface area contributed by atoms with Crippen LogP contribution in [0.25, 0.3) is 0 Å². The van der Waals surface area contributed by atoms with E-state index in [-0.39, 0.29) is 0 Å². The van der Waals surface area contributed by atoms with Crippen molar-refractivity contribution in [3.63, 3.8) is 0 Å². The maximum atomic E-state index is 4.46. The number of hydrogen-bond donors (Lipinski definition) is 0. The summed E-state index contributed by atoms with van der Waals surface area (Å²) in [5, 5.41) is 0. The molecule has 0 spiro atoms. The summed E-state index contributed by atoms with van der Waals surface area (Å²) in [6.45, 7) is 8.79. The molecular weight excluding hydrogens is 252 g/mol. The maximum absolute atomic E-state index is 4.46. The first-order valence-corrected chi connectivity index (χ1v) is 6.07. The van der Waals surface area contributed by atoms with Crippen molar-refractivity contribution in [2.45, 2.75) is 33.7 Å². The molecule has 1 aromatic rings. The van der Waals surface area contributed by atoms with E-state index in [1.54, 1.807) is 0 Å². The minimum absolute atomic E-state index is 0.498. The third-order valence-corrected chi connectivity index (χ3v) is 3.36. The fourth-order valence-electron chi connectivity index (χ4n) is 1.54. The standard InChI is InChI=1S/C12H19BrN2/c1-8(2)10(4)15(5)12-9(3)6-11(13)7-14-12/h6-8,10H,1-5H3. The average molecular weight is 271 g/mol. The van der Waals surface area contributed by atoms with Gasteiger partial charge in [-0.25, -0.2) is 4.98 Å². The molecule has 1 aromatic heterocycles. The maximum Gasteiger partial charge on any atom is 0.131 e. The van der Waals surface area contributed by atoms with E-state index < -0.39 is 0 Å². The predicted octanol–water partition coefficient (Wildman–Crippen LogP) is 3.63. The van der Waals surface area contributed by atoms with Gasteiger partial charge >= 0.3 is 0 Å². The lowest BCUT2D eigenvalue weighted by Crippen LogP contribution is -2.34. The monoisotopic (exact) mass is 270 g/mol. The van der Waals surface area contributed by atoms with Crippen LogP contribution in [0.4, 0.5) is 5.82 Å². The van der Waals surface area contributed by atoms with E-state index >= 15 is 0 Å². The van der Waals surface area contributed by atoms with E-state index in [0.717, 1.165) is 10.3 Å². The zero-order valence-electron chi connectivity index (χ0n) is 10.1. The Labute approximate surface area is 101 Å². The molecule has 1 atom stereocenters. The van der Waals surface area contributed by atoms with Gasteiger partial charge in [-0.2, -0.15) is 0 Å². The summed E-state index contributed by atoms with van der Waals surface area (Å²) < 4.78 is 1.04. The van der Waals surface area contributed by atoms with Crippen LogP contribution in [0.1, 0.15) is 26.3 Å². The van der Waals surface area contributed by atoms with Crippen LogP contribution in [0.3, 0.4) is 0 Å². The van der Waals surface area contributed by atoms with Crippen molar-refractivity contribution < 1.29 is 0 Å². The Morgan fingerprint density at radius 1 is 1.33 bits per heavy atom. The second kappa shape index (κ2) is 4.97. The largest absolute Gasteiger partial charge is 0.357 e. The molecule has 1 rings (SSSR count). The van der Waals surface area contributed by atoms with E-state index in [1.807, 2.05) is 6.20 Å². The molecule has 0 aliphatic rings. The lowest BCUT2D eigenvalue weighted by molar-refractivity contribution is 0.502. The molecule has 3 heteroatoms. The molecule has 0 aliphatic carbocycles. The first-order valence-electron chi connectivity index (χ1n) is 5.28. The Hall–Kier alpha value is -0.570. The lowest BCUT2D eigenvalue weighted by atomic mass is 10.0. The van der Waals surface area contributed by atoms with Crippen LogP contribution < -0.4 is 4.90 Å². The van der Waals surface area contributed by atoms with Crippen molar-refractivity contribution in [3.05, 3.63) is 22.3 Å². The highest BCUT2D eigenvalue weighted by atomic mass is 79.9. The fraction of sp³-hybridized carbons (Fsp3) is 0.583. The minimum Gasteiger partial charge on any atom is -0.357 e. The van der Waals surface area contributed by atoms with E-state index in [4.69, 9.17) is 0 Å². The Morgan fingerprint density at radius 3 is 2.40 bits per heavy atom. The van der Waals surface area contributed by atoms with Crippen LogP contribution in [-0.4, -0.2) is 18.1 Å². The van der Waals surface area contributed by atoms with Crippen LogP contribution >= 0.6 is 15.9 Å². The minimum atomic E-state index is 0.498. The van der Waals surface area contributed by atoms with Crippen molar-refractivity contribution in [2.75, 3.05) is 11.9 Å². The summed E-state index contributed by atoms with van der Waals surface area (Å²) in [6.07, 6.45) is 1.85. The van der Waals surface area contributed by atoms with Gasteiger partial charge in [-0.05, 0) is 47.3 Å². The van der Waals surface area contributed by atoms with Crippen LogP contribution in [0.2, 0.25) is 0 Å². The smallest absolute Gasteiger partial charge is 0.131 e. The molecule has 0 N–H and O–H groups in total. The second-order valence-corrected chi connectivity index (χ2v) is 5.31. The van der Waals surface area contributed by atoms with E-state index in [9.17, 15) is 0 Å². The summed E-state index contributed by atoms with van der Waals surface area (Å²) in [4.78, 5) is 6.70. The molecule has 84 valence electrons. The quantitative estimate of drug-likeness (QED) is 0.834. The Balaban J connectivity index is 2.96. The summed E-state index contributed by atoms with van der Waals surface area (Å²) in [7, 11) is 2.11. The fourth-order valence-corrected chi connectivity index (χ4v) is 1.99. The third kappa shape index (κ3) is 2.94. The number of halogens is 1. The predicted molar refractivity (Wildman–Crippen MR) is 69.4 cm³/mol. The van der Waals surface area contributed by atoms with E-state index in [0.29, 0.717) is 12.0 Å². The highest BCUT2D eigenvalue weighted by Gasteiger charge is 2.16. The number of aromatic nitrogens is 1. The molecule has 1 heterocycles. The number of hydrogen-bond acceptors (Lipinski definition) is 2. The van der Waals surface area contributed by atoms with Crippen LogP contribution in [0.15, 0.2) is 16.7 Å². The molecule has 0 radical (unpaired) electrons. The number of nitrogens with zero attached hydrogens (tertiary/aromatic N) is 2. The second-order valence-electron chi connectivity index (χ2n) is 4.39. The van der Waals surface area contributed by atoms with Crippen molar-refractivity contribution >= 4 is 21.7 Å². The van der Waals surface area contributed by atoms with Crippen LogP contribution in [0, 0.1) is 12.8 Å². The highest BCUT2D eigenvalue weighted by molar-refractivity contribution is 9.10. The van der Waals surface area contributed by atoms with Crippen molar-refractivity contribution in [3.8, 4) is 0 Å². The summed E-state index contributed by atoms with van der Waals surface area (Å²) in [5.41, 5.74) is 1.21. The highest BCUT2D eigenvalue weighted by Crippen LogP contribution is 2.23. The summed E-state index contributed by atoms with van der Waals surface area (Å²) >= 11 is 3.43. The molecule has 0 bridgehead atoms. The van der Waals surface area contributed by atoms with Gasteiger partial charge in [-0.1, -0.05) is 13.8 Å². The average Bonchev–Trinajstić information content (AvgIpc) is 2.15.